The Morgan fingerprint density at radius 2 is 2.27 bits per heavy atom. The van der Waals surface area contributed by atoms with E-state index in [1.54, 1.807) is 12.1 Å². The number of nitrogen functional groups attached to an aromatic ring is 1. The lowest BCUT2D eigenvalue weighted by molar-refractivity contribution is -0.119. The van der Waals surface area contributed by atoms with Gasteiger partial charge in [0.25, 0.3) is 0 Å². The fraction of sp³-hybridized carbons (Fsp3) is 0.200. The van der Waals surface area contributed by atoms with Gasteiger partial charge in [0.2, 0.25) is 5.91 Å². The molecule has 0 aliphatic rings. The maximum Gasteiger partial charge on any atom is 0.217 e. The summed E-state index contributed by atoms with van der Waals surface area (Å²) in [5, 5.41) is 19.3. The zero-order chi connectivity index (χ0) is 11.4. The van der Waals surface area contributed by atoms with Gasteiger partial charge in [0.05, 0.1) is 5.56 Å². The summed E-state index contributed by atoms with van der Waals surface area (Å²) in [4.78, 5) is 10.6. The van der Waals surface area contributed by atoms with E-state index in [0.29, 0.717) is 12.1 Å². The molecule has 1 amide bonds. The Kier molecular flexibility index (Phi) is 3.28. The number of carbonyl (C=O) groups excluding carboxylic acids is 1. The van der Waals surface area contributed by atoms with Gasteiger partial charge in [-0.3, -0.25) is 10.2 Å². The number of nitrogens with one attached hydrogen (secondary N) is 2. The number of hydrogen-bond acceptors (Lipinski definition) is 3. The van der Waals surface area contributed by atoms with Gasteiger partial charge in [-0.15, -0.1) is 0 Å². The molecular formula is C10H13N3O2. The van der Waals surface area contributed by atoms with Crippen molar-refractivity contribution in [3.63, 3.8) is 0 Å². The molecule has 5 nitrogen and oxygen atoms in total. The minimum atomic E-state index is -0.182. The fourth-order valence-electron chi connectivity index (χ4n) is 1.14. The normalized spacial score (nSPS) is 9.67. The molecular weight excluding hydrogens is 194 g/mol. The minimum Gasteiger partial charge on any atom is -0.507 e. The second-order valence-electron chi connectivity index (χ2n) is 3.17. The highest BCUT2D eigenvalue weighted by atomic mass is 16.3. The SMILES string of the molecule is CC(=O)NCc1ccc(C(=N)N)c(O)c1. The third kappa shape index (κ3) is 2.98. The van der Waals surface area contributed by atoms with Gasteiger partial charge >= 0.3 is 0 Å². The fourth-order valence-corrected chi connectivity index (χ4v) is 1.14. The van der Waals surface area contributed by atoms with Crippen molar-refractivity contribution in [2.75, 3.05) is 0 Å². The Bertz CT molecular complexity index is 402. The lowest BCUT2D eigenvalue weighted by atomic mass is 10.1. The van der Waals surface area contributed by atoms with E-state index in [-0.39, 0.29) is 17.5 Å². The van der Waals surface area contributed by atoms with E-state index in [2.05, 4.69) is 5.32 Å². The van der Waals surface area contributed by atoms with E-state index in [0.717, 1.165) is 5.56 Å². The molecule has 0 bridgehead atoms. The van der Waals surface area contributed by atoms with E-state index in [4.69, 9.17) is 11.1 Å². The Labute approximate surface area is 87.4 Å². The second-order valence-corrected chi connectivity index (χ2v) is 3.17. The summed E-state index contributed by atoms with van der Waals surface area (Å²) < 4.78 is 0. The molecule has 0 aliphatic carbocycles. The third-order valence-electron chi connectivity index (χ3n) is 1.89. The van der Waals surface area contributed by atoms with Crippen molar-refractivity contribution in [1.82, 2.24) is 5.32 Å². The number of amides is 1. The zero-order valence-electron chi connectivity index (χ0n) is 8.37. The molecule has 0 aromatic heterocycles. The summed E-state index contributed by atoms with van der Waals surface area (Å²) in [5.74, 6) is -0.367. The molecule has 5 heteroatoms. The maximum atomic E-state index is 10.6. The first-order valence-electron chi connectivity index (χ1n) is 4.41. The van der Waals surface area contributed by atoms with Crippen LogP contribution < -0.4 is 11.1 Å². The topological polar surface area (TPSA) is 99.2 Å². The van der Waals surface area contributed by atoms with Gasteiger partial charge in [-0.2, -0.15) is 0 Å². The van der Waals surface area contributed by atoms with E-state index in [1.165, 1.54) is 13.0 Å². The number of aromatic hydroxyl groups is 1. The van der Waals surface area contributed by atoms with Crippen LogP contribution in [0.15, 0.2) is 18.2 Å². The van der Waals surface area contributed by atoms with Crippen molar-refractivity contribution in [3.8, 4) is 5.75 Å². The van der Waals surface area contributed by atoms with Crippen LogP contribution in [0.25, 0.3) is 0 Å². The van der Waals surface area contributed by atoms with Crippen LogP contribution >= 0.6 is 0 Å². The molecule has 0 atom stereocenters. The average Bonchev–Trinajstić information content (AvgIpc) is 2.14. The van der Waals surface area contributed by atoms with Gasteiger partial charge in [0, 0.05) is 13.5 Å². The number of benzene rings is 1. The molecule has 0 fully saturated rings. The van der Waals surface area contributed by atoms with Crippen molar-refractivity contribution in [1.29, 1.82) is 5.41 Å². The number of phenols is 1. The van der Waals surface area contributed by atoms with E-state index >= 15 is 0 Å². The van der Waals surface area contributed by atoms with Crippen LogP contribution in [0.3, 0.4) is 0 Å². The second kappa shape index (κ2) is 4.45. The summed E-state index contributed by atoms with van der Waals surface area (Å²) >= 11 is 0. The molecule has 1 aromatic carbocycles. The highest BCUT2D eigenvalue weighted by Crippen LogP contribution is 2.17. The quantitative estimate of drug-likeness (QED) is 0.424. The van der Waals surface area contributed by atoms with Gasteiger partial charge in [-0.1, -0.05) is 6.07 Å². The van der Waals surface area contributed by atoms with Crippen molar-refractivity contribution in [2.24, 2.45) is 5.73 Å². The molecule has 0 spiro atoms. The predicted molar refractivity (Wildman–Crippen MR) is 56.6 cm³/mol. The summed E-state index contributed by atoms with van der Waals surface area (Å²) in [6.07, 6.45) is 0. The van der Waals surface area contributed by atoms with E-state index < -0.39 is 0 Å². The average molecular weight is 207 g/mol. The molecule has 0 heterocycles. The first-order valence-corrected chi connectivity index (χ1v) is 4.41. The molecule has 1 rings (SSSR count). The molecule has 1 aromatic rings. The Morgan fingerprint density at radius 1 is 1.60 bits per heavy atom. The standard InChI is InChI=1S/C10H13N3O2/c1-6(14)13-5-7-2-3-8(10(11)12)9(15)4-7/h2-4,15H,5H2,1H3,(H3,11,12)(H,13,14). The maximum absolute atomic E-state index is 10.6. The largest absolute Gasteiger partial charge is 0.507 e. The van der Waals surface area contributed by atoms with E-state index in [9.17, 15) is 9.90 Å². The van der Waals surface area contributed by atoms with Crippen LogP contribution in [0.4, 0.5) is 0 Å². The molecule has 0 saturated carbocycles. The summed E-state index contributed by atoms with van der Waals surface area (Å²) in [5.41, 5.74) is 6.29. The van der Waals surface area contributed by atoms with Crippen LogP contribution in [0.1, 0.15) is 18.1 Å². The van der Waals surface area contributed by atoms with Crippen LogP contribution in [-0.2, 0) is 11.3 Å². The highest BCUT2D eigenvalue weighted by molar-refractivity contribution is 5.97. The molecule has 15 heavy (non-hydrogen) atoms. The van der Waals surface area contributed by atoms with Gasteiger partial charge < -0.3 is 16.2 Å². The molecule has 0 radical (unpaired) electrons. The van der Waals surface area contributed by atoms with Gasteiger partial charge in [-0.05, 0) is 17.7 Å². The number of carbonyl (C=O) groups is 1. The summed E-state index contributed by atoms with van der Waals surface area (Å²) in [6, 6.07) is 4.73. The third-order valence-corrected chi connectivity index (χ3v) is 1.89. The molecule has 80 valence electrons. The summed E-state index contributed by atoms with van der Waals surface area (Å²) in [7, 11) is 0. The van der Waals surface area contributed by atoms with Crippen molar-refractivity contribution >= 4 is 11.7 Å². The highest BCUT2D eigenvalue weighted by Gasteiger charge is 2.05. The first-order chi connectivity index (χ1) is 7.00. The van der Waals surface area contributed by atoms with Crippen molar-refractivity contribution in [3.05, 3.63) is 29.3 Å². The van der Waals surface area contributed by atoms with E-state index in [1.807, 2.05) is 0 Å². The summed E-state index contributed by atoms with van der Waals surface area (Å²) in [6.45, 7) is 1.77. The number of rotatable bonds is 3. The van der Waals surface area contributed by atoms with Crippen LogP contribution in [0, 0.1) is 5.41 Å². The van der Waals surface area contributed by atoms with Crippen molar-refractivity contribution < 1.29 is 9.90 Å². The molecule has 5 N–H and O–H groups in total. The number of nitrogens with two attached hydrogens (primary N) is 1. The number of hydrogen-bond donors (Lipinski definition) is 4. The monoisotopic (exact) mass is 207 g/mol. The number of phenolic OH excluding ortho intramolecular Hbond substituents is 1. The smallest absolute Gasteiger partial charge is 0.217 e. The lowest BCUT2D eigenvalue weighted by Gasteiger charge is -2.06. The van der Waals surface area contributed by atoms with Gasteiger partial charge in [-0.25, -0.2) is 0 Å². The zero-order valence-corrected chi connectivity index (χ0v) is 8.37. The Balaban J connectivity index is 2.82. The Hall–Kier alpha value is -2.04. The molecule has 0 aliphatic heterocycles. The number of amidine groups is 1. The lowest BCUT2D eigenvalue weighted by Crippen LogP contribution is -2.19. The molecule has 0 saturated heterocycles. The minimum absolute atomic E-state index is 0.0506. The van der Waals surface area contributed by atoms with Gasteiger partial charge in [0.1, 0.15) is 11.6 Å². The molecule has 0 unspecified atom stereocenters. The first kappa shape index (κ1) is 11.0. The van der Waals surface area contributed by atoms with Crippen LogP contribution in [-0.4, -0.2) is 16.8 Å². The van der Waals surface area contributed by atoms with Crippen LogP contribution in [0.2, 0.25) is 0 Å². The predicted octanol–water partition coefficient (Wildman–Crippen LogP) is 0.312. The van der Waals surface area contributed by atoms with Crippen molar-refractivity contribution in [2.45, 2.75) is 13.5 Å². The van der Waals surface area contributed by atoms with Crippen LogP contribution in [0.5, 0.6) is 5.75 Å². The van der Waals surface area contributed by atoms with Gasteiger partial charge in [0.15, 0.2) is 0 Å². The Morgan fingerprint density at radius 3 is 2.73 bits per heavy atom.